The summed E-state index contributed by atoms with van der Waals surface area (Å²) >= 11 is 0. The number of benzene rings is 2. The molecule has 0 saturated carbocycles. The summed E-state index contributed by atoms with van der Waals surface area (Å²) < 4.78 is 0. The lowest BCUT2D eigenvalue weighted by Gasteiger charge is -2.17. The van der Waals surface area contributed by atoms with Crippen LogP contribution in [0, 0.1) is 5.92 Å². The number of rotatable bonds is 18. The van der Waals surface area contributed by atoms with Crippen LogP contribution in [-0.2, 0) is 22.4 Å². The van der Waals surface area contributed by atoms with Crippen LogP contribution in [0.1, 0.15) is 130 Å². The predicted octanol–water partition coefficient (Wildman–Crippen LogP) is 5.76. The van der Waals surface area contributed by atoms with Gasteiger partial charge in [-0.05, 0) is 68.2 Å². The molecule has 0 radical (unpaired) electrons. The Morgan fingerprint density at radius 1 is 0.614 bits per heavy atom. The average Bonchev–Trinajstić information content (AvgIpc) is 3.01. The van der Waals surface area contributed by atoms with Gasteiger partial charge in [-0.3, -0.25) is 40.9 Å². The Labute approximate surface area is 261 Å². The molecule has 0 spiro atoms. The van der Waals surface area contributed by atoms with Gasteiger partial charge in [-0.1, -0.05) is 83.6 Å². The van der Waals surface area contributed by atoms with Gasteiger partial charge in [-0.25, -0.2) is 0 Å². The fourth-order valence-corrected chi connectivity index (χ4v) is 5.17. The van der Waals surface area contributed by atoms with Crippen LogP contribution < -0.4 is 21.7 Å². The molecule has 44 heavy (non-hydrogen) atoms. The number of hydrogen-bond donors (Lipinski definition) is 6. The van der Waals surface area contributed by atoms with Gasteiger partial charge in [0.2, 0.25) is 11.8 Å². The van der Waals surface area contributed by atoms with E-state index in [4.69, 9.17) is 0 Å². The number of hydrogen-bond acceptors (Lipinski definition) is 6. The molecule has 0 aliphatic rings. The zero-order valence-electron chi connectivity index (χ0n) is 26.5. The van der Waals surface area contributed by atoms with Gasteiger partial charge >= 0.3 is 0 Å². The molecule has 2 aromatic carbocycles. The van der Waals surface area contributed by atoms with Gasteiger partial charge in [0, 0.05) is 12.3 Å². The molecule has 2 aromatic rings. The molecule has 10 heteroatoms. The molecule has 2 rings (SSSR count). The second-order valence-corrected chi connectivity index (χ2v) is 11.2. The summed E-state index contributed by atoms with van der Waals surface area (Å²) in [4.78, 5) is 50.5. The van der Waals surface area contributed by atoms with E-state index in [0.717, 1.165) is 62.5 Å². The second-order valence-electron chi connectivity index (χ2n) is 11.2. The summed E-state index contributed by atoms with van der Waals surface area (Å²) in [5.74, 6) is -2.15. The van der Waals surface area contributed by atoms with Gasteiger partial charge < -0.3 is 10.2 Å². The Morgan fingerprint density at radius 2 is 1.14 bits per heavy atom. The number of phenolic OH excluding ortho intramolecular Hbond substituents is 2. The molecule has 1 atom stereocenters. The smallest absolute Gasteiger partial charge is 0.273 e. The van der Waals surface area contributed by atoms with Crippen molar-refractivity contribution in [2.24, 2.45) is 5.92 Å². The lowest BCUT2D eigenvalue weighted by Crippen LogP contribution is -2.44. The molecule has 242 valence electrons. The third-order valence-corrected chi connectivity index (χ3v) is 7.64. The fourth-order valence-electron chi connectivity index (χ4n) is 5.17. The second kappa shape index (κ2) is 20.0. The lowest BCUT2D eigenvalue weighted by molar-refractivity contribution is -0.126. The number of aromatic hydroxyl groups is 2. The summed E-state index contributed by atoms with van der Waals surface area (Å²) in [5.41, 5.74) is 11.7. The lowest BCUT2D eigenvalue weighted by atomic mass is 9.95. The molecule has 1 unspecified atom stereocenters. The van der Waals surface area contributed by atoms with Gasteiger partial charge in [0.05, 0.1) is 11.1 Å². The minimum atomic E-state index is -0.545. The number of phenols is 2. The van der Waals surface area contributed by atoms with Gasteiger partial charge in [0.1, 0.15) is 11.5 Å². The number of nitrogens with one attached hydrogen (secondary N) is 4. The van der Waals surface area contributed by atoms with Gasteiger partial charge in [-0.15, -0.1) is 0 Å². The molecule has 6 N–H and O–H groups in total. The van der Waals surface area contributed by atoms with Crippen molar-refractivity contribution in [1.82, 2.24) is 21.7 Å². The predicted molar refractivity (Wildman–Crippen MR) is 171 cm³/mol. The molecule has 0 bridgehead atoms. The molecule has 0 aliphatic heterocycles. The molecule has 0 saturated heterocycles. The number of carbonyl (C=O) groups excluding carboxylic acids is 4. The first-order chi connectivity index (χ1) is 21.2. The average molecular weight is 611 g/mol. The van der Waals surface area contributed by atoms with Crippen molar-refractivity contribution in [2.45, 2.75) is 111 Å². The monoisotopic (exact) mass is 610 g/mol. The molecule has 0 heterocycles. The van der Waals surface area contributed by atoms with Gasteiger partial charge in [-0.2, -0.15) is 0 Å². The zero-order chi connectivity index (χ0) is 32.3. The third-order valence-electron chi connectivity index (χ3n) is 7.64. The standard InChI is InChI=1S/C34H50N4O6/c1-4-7-16-24-19-13-21-27(39)30(24)33(43)37-35-29(41)23-12-10-9-11-18-26(15-6-3)32(42)36-38-34(44)31-25(17-8-5-2)20-14-22-28(31)40/h13-14,19-22,26,39-40H,4-12,15-18,23H2,1-3H3,(H,35,41)(H,36,42)(H,37,43)(H,38,44). The minimum absolute atomic E-state index is 0.112. The number of carbonyl (C=O) groups is 4. The topological polar surface area (TPSA) is 157 Å². The van der Waals surface area contributed by atoms with E-state index in [0.29, 0.717) is 32.1 Å². The maximum atomic E-state index is 12.9. The van der Waals surface area contributed by atoms with E-state index in [-0.39, 0.29) is 46.8 Å². The van der Waals surface area contributed by atoms with E-state index >= 15 is 0 Å². The van der Waals surface area contributed by atoms with Crippen LogP contribution in [0.15, 0.2) is 36.4 Å². The summed E-state index contributed by atoms with van der Waals surface area (Å²) in [6.07, 6.45) is 10.4. The largest absolute Gasteiger partial charge is 0.507 e. The van der Waals surface area contributed by atoms with Crippen LogP contribution in [0.2, 0.25) is 0 Å². The van der Waals surface area contributed by atoms with Gasteiger partial charge in [0.15, 0.2) is 0 Å². The Kier molecular flexibility index (Phi) is 16.4. The van der Waals surface area contributed by atoms with E-state index in [1.165, 1.54) is 12.1 Å². The van der Waals surface area contributed by atoms with Crippen LogP contribution in [0.25, 0.3) is 0 Å². The van der Waals surface area contributed by atoms with Crippen molar-refractivity contribution in [3.05, 3.63) is 58.7 Å². The molecule has 4 amide bonds. The Balaban J connectivity index is 1.72. The van der Waals surface area contributed by atoms with E-state index in [1.54, 1.807) is 18.2 Å². The number of unbranched alkanes of at least 4 members (excludes halogenated alkanes) is 5. The SMILES string of the molecule is CCCCc1cccc(O)c1C(=O)NNC(=O)CCCCCCC(CCC)C(=O)NNC(=O)c1c(O)cccc1CCCC. The van der Waals surface area contributed by atoms with E-state index < -0.39 is 11.8 Å². The van der Waals surface area contributed by atoms with Crippen molar-refractivity contribution in [1.29, 1.82) is 0 Å². The first-order valence-electron chi connectivity index (χ1n) is 16.0. The molecule has 0 fully saturated rings. The van der Waals surface area contributed by atoms with Crippen LogP contribution >= 0.6 is 0 Å². The highest BCUT2D eigenvalue weighted by atomic mass is 16.3. The van der Waals surface area contributed by atoms with Crippen molar-refractivity contribution < 1.29 is 29.4 Å². The highest BCUT2D eigenvalue weighted by molar-refractivity contribution is 6.00. The van der Waals surface area contributed by atoms with Crippen molar-refractivity contribution in [3.63, 3.8) is 0 Å². The number of hydrazine groups is 2. The Morgan fingerprint density at radius 3 is 1.66 bits per heavy atom. The molecular formula is C34H50N4O6. The van der Waals surface area contributed by atoms with E-state index in [2.05, 4.69) is 35.6 Å². The first-order valence-corrected chi connectivity index (χ1v) is 16.0. The Hall–Kier alpha value is -4.08. The number of aryl methyl sites for hydroxylation is 2. The molecule has 10 nitrogen and oxygen atoms in total. The summed E-state index contributed by atoms with van der Waals surface area (Å²) in [6.45, 7) is 6.11. The normalized spacial score (nSPS) is 11.4. The summed E-state index contributed by atoms with van der Waals surface area (Å²) in [7, 11) is 0. The molecule has 0 aliphatic carbocycles. The fraction of sp³-hybridized carbons (Fsp3) is 0.529. The van der Waals surface area contributed by atoms with Crippen LogP contribution in [-0.4, -0.2) is 33.8 Å². The first kappa shape index (κ1) is 36.1. The highest BCUT2D eigenvalue weighted by Crippen LogP contribution is 2.24. The molecular weight excluding hydrogens is 560 g/mol. The maximum Gasteiger partial charge on any atom is 0.273 e. The van der Waals surface area contributed by atoms with E-state index in [9.17, 15) is 29.4 Å². The molecule has 0 aromatic heterocycles. The zero-order valence-corrected chi connectivity index (χ0v) is 26.5. The maximum absolute atomic E-state index is 12.9. The van der Waals surface area contributed by atoms with Crippen molar-refractivity contribution in [3.8, 4) is 11.5 Å². The van der Waals surface area contributed by atoms with Gasteiger partial charge in [0.25, 0.3) is 11.8 Å². The number of amides is 4. The Bertz CT molecular complexity index is 1230. The third kappa shape index (κ3) is 11.9. The minimum Gasteiger partial charge on any atom is -0.507 e. The van der Waals surface area contributed by atoms with Crippen LogP contribution in [0.4, 0.5) is 0 Å². The van der Waals surface area contributed by atoms with Crippen molar-refractivity contribution >= 4 is 23.6 Å². The van der Waals surface area contributed by atoms with E-state index in [1.807, 2.05) is 13.0 Å². The summed E-state index contributed by atoms with van der Waals surface area (Å²) in [6, 6.07) is 9.94. The highest BCUT2D eigenvalue weighted by Gasteiger charge is 2.21. The quantitative estimate of drug-likeness (QED) is 0.0930. The van der Waals surface area contributed by atoms with Crippen LogP contribution in [0.3, 0.4) is 0 Å². The van der Waals surface area contributed by atoms with Crippen LogP contribution in [0.5, 0.6) is 11.5 Å². The van der Waals surface area contributed by atoms with Crippen molar-refractivity contribution in [2.75, 3.05) is 0 Å². The summed E-state index contributed by atoms with van der Waals surface area (Å²) in [5, 5.41) is 20.4.